The first-order valence-corrected chi connectivity index (χ1v) is 5.00. The molecule has 4 heteroatoms. The highest BCUT2D eigenvalue weighted by atomic mass is 16.5. The molecular weight excluding hydrogens is 190 g/mol. The van der Waals surface area contributed by atoms with Gasteiger partial charge in [0, 0.05) is 25.2 Å². The van der Waals surface area contributed by atoms with E-state index < -0.39 is 0 Å². The second kappa shape index (κ2) is 6.66. The molecule has 1 N–H and O–H groups in total. The van der Waals surface area contributed by atoms with E-state index in [-0.39, 0.29) is 0 Å². The van der Waals surface area contributed by atoms with Gasteiger partial charge in [0.2, 0.25) is 11.8 Å². The summed E-state index contributed by atoms with van der Waals surface area (Å²) in [5.41, 5.74) is 0. The van der Waals surface area contributed by atoms with Crippen LogP contribution in [0, 0.1) is 12.3 Å². The van der Waals surface area contributed by atoms with Gasteiger partial charge in [0.05, 0.1) is 0 Å². The Labute approximate surface area is 90.1 Å². The molecule has 0 saturated carbocycles. The van der Waals surface area contributed by atoms with Crippen molar-refractivity contribution in [2.75, 3.05) is 18.5 Å². The van der Waals surface area contributed by atoms with Crippen molar-refractivity contribution in [2.24, 2.45) is 0 Å². The molecular formula is C11H15N3O. The number of terminal acetylenes is 1. The standard InChI is InChI=1S/C11H15N3O/c1-3-5-9-15-10-6-8-13-11(14-10)12-7-4-2/h1,6,8H,4-5,7,9H2,2H3,(H,12,13,14). The summed E-state index contributed by atoms with van der Waals surface area (Å²) in [5.74, 6) is 3.65. The van der Waals surface area contributed by atoms with Crippen LogP contribution in [-0.2, 0) is 0 Å². The van der Waals surface area contributed by atoms with E-state index in [2.05, 4.69) is 28.1 Å². The quantitative estimate of drug-likeness (QED) is 0.567. The van der Waals surface area contributed by atoms with E-state index in [1.165, 1.54) is 0 Å². The molecule has 1 aromatic rings. The van der Waals surface area contributed by atoms with Gasteiger partial charge in [-0.3, -0.25) is 0 Å². The zero-order valence-corrected chi connectivity index (χ0v) is 8.86. The van der Waals surface area contributed by atoms with Crippen molar-refractivity contribution in [3.63, 3.8) is 0 Å². The Balaban J connectivity index is 2.47. The fourth-order valence-electron chi connectivity index (χ4n) is 0.959. The van der Waals surface area contributed by atoms with Crippen molar-refractivity contribution in [1.29, 1.82) is 0 Å². The third kappa shape index (κ3) is 4.32. The van der Waals surface area contributed by atoms with E-state index in [9.17, 15) is 0 Å². The number of nitrogens with zero attached hydrogens (tertiary/aromatic N) is 2. The van der Waals surface area contributed by atoms with Crippen LogP contribution in [0.5, 0.6) is 5.88 Å². The normalized spacial score (nSPS) is 9.33. The van der Waals surface area contributed by atoms with Gasteiger partial charge in [0.15, 0.2) is 0 Å². The minimum atomic E-state index is 0.487. The molecule has 15 heavy (non-hydrogen) atoms. The number of aromatic nitrogens is 2. The Bertz CT molecular complexity index is 333. The number of hydrogen-bond donors (Lipinski definition) is 1. The van der Waals surface area contributed by atoms with Crippen molar-refractivity contribution in [3.05, 3.63) is 12.3 Å². The Morgan fingerprint density at radius 1 is 1.60 bits per heavy atom. The Hall–Kier alpha value is -1.76. The lowest BCUT2D eigenvalue weighted by atomic mass is 10.5. The van der Waals surface area contributed by atoms with Crippen LogP contribution >= 0.6 is 0 Å². The van der Waals surface area contributed by atoms with Crippen LogP contribution < -0.4 is 10.1 Å². The molecule has 0 bridgehead atoms. The topological polar surface area (TPSA) is 47.0 Å². The minimum absolute atomic E-state index is 0.487. The van der Waals surface area contributed by atoms with Crippen LogP contribution in [0.25, 0.3) is 0 Å². The molecule has 0 aliphatic rings. The van der Waals surface area contributed by atoms with Crippen LogP contribution in [0.4, 0.5) is 5.95 Å². The lowest BCUT2D eigenvalue weighted by molar-refractivity contribution is 0.314. The number of ether oxygens (including phenoxy) is 1. The highest BCUT2D eigenvalue weighted by Gasteiger charge is 1.98. The SMILES string of the molecule is C#CCCOc1ccnc(NCCC)n1. The zero-order chi connectivity index (χ0) is 10.9. The van der Waals surface area contributed by atoms with Gasteiger partial charge in [-0.2, -0.15) is 4.98 Å². The van der Waals surface area contributed by atoms with Gasteiger partial charge < -0.3 is 10.1 Å². The predicted molar refractivity (Wildman–Crippen MR) is 59.8 cm³/mol. The molecule has 0 fully saturated rings. The first-order valence-electron chi connectivity index (χ1n) is 5.00. The molecule has 80 valence electrons. The maximum atomic E-state index is 5.33. The summed E-state index contributed by atoms with van der Waals surface area (Å²) < 4.78 is 5.33. The van der Waals surface area contributed by atoms with E-state index in [1.807, 2.05) is 0 Å². The van der Waals surface area contributed by atoms with Gasteiger partial charge in [-0.1, -0.05) is 6.92 Å². The van der Waals surface area contributed by atoms with Gasteiger partial charge in [-0.15, -0.1) is 12.3 Å². The monoisotopic (exact) mass is 205 g/mol. The number of anilines is 1. The molecule has 0 aromatic carbocycles. The van der Waals surface area contributed by atoms with Crippen molar-refractivity contribution < 1.29 is 4.74 Å². The van der Waals surface area contributed by atoms with Crippen LogP contribution in [0.3, 0.4) is 0 Å². The van der Waals surface area contributed by atoms with Crippen LogP contribution in [0.15, 0.2) is 12.3 Å². The van der Waals surface area contributed by atoms with Crippen LogP contribution in [0.2, 0.25) is 0 Å². The second-order valence-corrected chi connectivity index (χ2v) is 2.95. The molecule has 1 aromatic heterocycles. The number of hydrogen-bond acceptors (Lipinski definition) is 4. The average molecular weight is 205 g/mol. The summed E-state index contributed by atoms with van der Waals surface area (Å²) in [6.45, 7) is 3.43. The first kappa shape index (κ1) is 11.3. The minimum Gasteiger partial charge on any atom is -0.477 e. The molecule has 0 aliphatic carbocycles. The maximum Gasteiger partial charge on any atom is 0.225 e. The van der Waals surface area contributed by atoms with E-state index in [4.69, 9.17) is 11.2 Å². The smallest absolute Gasteiger partial charge is 0.225 e. The highest BCUT2D eigenvalue weighted by Crippen LogP contribution is 2.08. The van der Waals surface area contributed by atoms with Crippen LogP contribution in [0.1, 0.15) is 19.8 Å². The maximum absolute atomic E-state index is 5.33. The third-order valence-corrected chi connectivity index (χ3v) is 1.66. The molecule has 4 nitrogen and oxygen atoms in total. The highest BCUT2D eigenvalue weighted by molar-refractivity contribution is 5.27. The van der Waals surface area contributed by atoms with Gasteiger partial charge in [-0.05, 0) is 6.42 Å². The third-order valence-electron chi connectivity index (χ3n) is 1.66. The Morgan fingerprint density at radius 2 is 2.47 bits per heavy atom. The molecule has 0 spiro atoms. The lowest BCUT2D eigenvalue weighted by Crippen LogP contribution is -2.05. The van der Waals surface area contributed by atoms with Gasteiger partial charge in [0.1, 0.15) is 6.61 Å². The summed E-state index contributed by atoms with van der Waals surface area (Å²) in [4.78, 5) is 8.23. The summed E-state index contributed by atoms with van der Waals surface area (Å²) in [5, 5.41) is 3.08. The van der Waals surface area contributed by atoms with E-state index >= 15 is 0 Å². The van der Waals surface area contributed by atoms with E-state index in [1.54, 1.807) is 12.3 Å². The second-order valence-electron chi connectivity index (χ2n) is 2.95. The molecule has 0 radical (unpaired) electrons. The Kier molecular flexibility index (Phi) is 5.02. The summed E-state index contributed by atoms with van der Waals surface area (Å²) in [6.07, 6.45) is 8.39. The molecule has 1 rings (SSSR count). The fraction of sp³-hybridized carbons (Fsp3) is 0.455. The van der Waals surface area contributed by atoms with E-state index in [0.29, 0.717) is 24.9 Å². The molecule has 0 amide bonds. The van der Waals surface area contributed by atoms with Gasteiger partial charge >= 0.3 is 0 Å². The van der Waals surface area contributed by atoms with E-state index in [0.717, 1.165) is 13.0 Å². The van der Waals surface area contributed by atoms with Gasteiger partial charge in [0.25, 0.3) is 0 Å². The summed E-state index contributed by atoms with van der Waals surface area (Å²) in [6, 6.07) is 1.72. The van der Waals surface area contributed by atoms with Crippen molar-refractivity contribution in [2.45, 2.75) is 19.8 Å². The van der Waals surface area contributed by atoms with Gasteiger partial charge in [-0.25, -0.2) is 4.98 Å². The largest absolute Gasteiger partial charge is 0.477 e. The Morgan fingerprint density at radius 3 is 3.20 bits per heavy atom. The molecule has 0 aliphatic heterocycles. The lowest BCUT2D eigenvalue weighted by Gasteiger charge is -2.05. The first-order chi connectivity index (χ1) is 7.36. The fourth-order valence-corrected chi connectivity index (χ4v) is 0.959. The van der Waals surface area contributed by atoms with Crippen LogP contribution in [-0.4, -0.2) is 23.1 Å². The van der Waals surface area contributed by atoms with Crippen molar-refractivity contribution in [1.82, 2.24) is 9.97 Å². The number of rotatable bonds is 6. The van der Waals surface area contributed by atoms with Crippen molar-refractivity contribution in [3.8, 4) is 18.2 Å². The molecule has 0 unspecified atom stereocenters. The summed E-state index contributed by atoms with van der Waals surface area (Å²) >= 11 is 0. The van der Waals surface area contributed by atoms with Crippen molar-refractivity contribution >= 4 is 5.95 Å². The average Bonchev–Trinajstić information content (AvgIpc) is 2.27. The molecule has 0 saturated heterocycles. The molecule has 1 heterocycles. The summed E-state index contributed by atoms with van der Waals surface area (Å²) in [7, 11) is 0. The number of nitrogens with one attached hydrogen (secondary N) is 1. The molecule has 0 atom stereocenters. The predicted octanol–water partition coefficient (Wildman–Crippen LogP) is 1.70. The zero-order valence-electron chi connectivity index (χ0n) is 8.86.